The zero-order valence-electron chi connectivity index (χ0n) is 10.1. The standard InChI is InChI=1S/C15H14BrNO/c1-11-2-4-12(5-3-11)10-17-15(18)13-6-8-14(16)9-7-13/h2-9H,10H2,1H3,(H,17,18). The van der Waals surface area contributed by atoms with Gasteiger partial charge in [0, 0.05) is 16.6 Å². The third kappa shape index (κ3) is 3.44. The smallest absolute Gasteiger partial charge is 0.251 e. The van der Waals surface area contributed by atoms with E-state index in [4.69, 9.17) is 0 Å². The number of halogens is 1. The number of amides is 1. The van der Waals surface area contributed by atoms with E-state index < -0.39 is 0 Å². The normalized spacial score (nSPS) is 10.1. The Bertz CT molecular complexity index is 531. The van der Waals surface area contributed by atoms with Crippen molar-refractivity contribution in [2.75, 3.05) is 0 Å². The van der Waals surface area contributed by atoms with Gasteiger partial charge in [-0.25, -0.2) is 0 Å². The van der Waals surface area contributed by atoms with Crippen LogP contribution >= 0.6 is 15.9 Å². The maximum atomic E-state index is 11.9. The molecule has 0 atom stereocenters. The van der Waals surface area contributed by atoms with Gasteiger partial charge in [0.25, 0.3) is 5.91 Å². The van der Waals surface area contributed by atoms with Crippen LogP contribution in [0.15, 0.2) is 53.0 Å². The molecule has 0 spiro atoms. The van der Waals surface area contributed by atoms with Gasteiger partial charge in [0.2, 0.25) is 0 Å². The molecule has 0 aromatic heterocycles. The van der Waals surface area contributed by atoms with E-state index in [1.54, 1.807) is 12.1 Å². The Morgan fingerprint density at radius 2 is 1.67 bits per heavy atom. The van der Waals surface area contributed by atoms with Crippen LogP contribution < -0.4 is 5.32 Å². The summed E-state index contributed by atoms with van der Waals surface area (Å²) in [5.74, 6) is -0.0527. The van der Waals surface area contributed by atoms with Crippen LogP contribution in [0.25, 0.3) is 0 Å². The van der Waals surface area contributed by atoms with Gasteiger partial charge in [0.1, 0.15) is 0 Å². The molecule has 0 aliphatic heterocycles. The summed E-state index contributed by atoms with van der Waals surface area (Å²) in [7, 11) is 0. The maximum absolute atomic E-state index is 11.9. The van der Waals surface area contributed by atoms with E-state index in [2.05, 4.69) is 21.2 Å². The SMILES string of the molecule is Cc1ccc(CNC(=O)c2ccc(Br)cc2)cc1. The number of nitrogens with one attached hydrogen (secondary N) is 1. The van der Waals surface area contributed by atoms with Gasteiger partial charge in [-0.1, -0.05) is 45.8 Å². The van der Waals surface area contributed by atoms with Crippen LogP contribution in [0.1, 0.15) is 21.5 Å². The van der Waals surface area contributed by atoms with E-state index in [-0.39, 0.29) is 5.91 Å². The van der Waals surface area contributed by atoms with Gasteiger partial charge in [-0.15, -0.1) is 0 Å². The van der Waals surface area contributed by atoms with Crippen LogP contribution in [-0.2, 0) is 6.54 Å². The number of hydrogen-bond donors (Lipinski definition) is 1. The first-order valence-corrected chi connectivity index (χ1v) is 6.54. The average Bonchev–Trinajstić information content (AvgIpc) is 2.38. The number of rotatable bonds is 3. The van der Waals surface area contributed by atoms with Gasteiger partial charge in [0.05, 0.1) is 0 Å². The van der Waals surface area contributed by atoms with E-state index >= 15 is 0 Å². The monoisotopic (exact) mass is 303 g/mol. The summed E-state index contributed by atoms with van der Waals surface area (Å²) >= 11 is 3.35. The summed E-state index contributed by atoms with van der Waals surface area (Å²) in [6, 6.07) is 15.5. The minimum absolute atomic E-state index is 0.0527. The van der Waals surface area contributed by atoms with Crippen LogP contribution in [0.4, 0.5) is 0 Å². The summed E-state index contributed by atoms with van der Waals surface area (Å²) in [6.45, 7) is 2.60. The summed E-state index contributed by atoms with van der Waals surface area (Å²) in [6.07, 6.45) is 0. The van der Waals surface area contributed by atoms with Crippen LogP contribution in [-0.4, -0.2) is 5.91 Å². The molecule has 2 rings (SSSR count). The van der Waals surface area contributed by atoms with Crippen molar-refractivity contribution in [1.82, 2.24) is 5.32 Å². The maximum Gasteiger partial charge on any atom is 0.251 e. The van der Waals surface area contributed by atoms with Gasteiger partial charge in [-0.3, -0.25) is 4.79 Å². The van der Waals surface area contributed by atoms with E-state index in [9.17, 15) is 4.79 Å². The van der Waals surface area contributed by atoms with Crippen LogP contribution in [0.3, 0.4) is 0 Å². The molecule has 0 bridgehead atoms. The average molecular weight is 304 g/mol. The predicted molar refractivity (Wildman–Crippen MR) is 76.5 cm³/mol. The lowest BCUT2D eigenvalue weighted by Crippen LogP contribution is -2.22. The van der Waals surface area contributed by atoms with Crippen molar-refractivity contribution in [1.29, 1.82) is 0 Å². The molecule has 3 heteroatoms. The van der Waals surface area contributed by atoms with Crippen molar-refractivity contribution in [3.05, 3.63) is 69.7 Å². The van der Waals surface area contributed by atoms with Gasteiger partial charge in [-0.2, -0.15) is 0 Å². The Labute approximate surface area is 115 Å². The minimum Gasteiger partial charge on any atom is -0.348 e. The molecule has 1 N–H and O–H groups in total. The van der Waals surface area contributed by atoms with Crippen molar-refractivity contribution in [3.63, 3.8) is 0 Å². The first-order valence-electron chi connectivity index (χ1n) is 5.74. The third-order valence-electron chi connectivity index (χ3n) is 2.68. The van der Waals surface area contributed by atoms with Gasteiger partial charge in [0.15, 0.2) is 0 Å². The molecule has 0 aliphatic rings. The topological polar surface area (TPSA) is 29.1 Å². The Morgan fingerprint density at radius 1 is 1.06 bits per heavy atom. The zero-order chi connectivity index (χ0) is 13.0. The molecular formula is C15H14BrNO. The lowest BCUT2D eigenvalue weighted by atomic mass is 10.1. The second kappa shape index (κ2) is 5.83. The molecule has 2 nitrogen and oxygen atoms in total. The Hall–Kier alpha value is -1.61. The van der Waals surface area contributed by atoms with Crippen molar-refractivity contribution in [2.24, 2.45) is 0 Å². The minimum atomic E-state index is -0.0527. The molecule has 2 aromatic rings. The van der Waals surface area contributed by atoms with E-state index in [1.165, 1.54) is 5.56 Å². The summed E-state index contributed by atoms with van der Waals surface area (Å²) < 4.78 is 0.970. The van der Waals surface area contributed by atoms with Crippen molar-refractivity contribution in [3.8, 4) is 0 Å². The Kier molecular flexibility index (Phi) is 4.15. The number of hydrogen-bond acceptors (Lipinski definition) is 1. The van der Waals surface area contributed by atoms with Crippen molar-refractivity contribution < 1.29 is 4.79 Å². The van der Waals surface area contributed by atoms with Gasteiger partial charge in [-0.05, 0) is 36.8 Å². The number of carbonyl (C=O) groups is 1. The van der Waals surface area contributed by atoms with E-state index in [1.807, 2.05) is 43.3 Å². The highest BCUT2D eigenvalue weighted by molar-refractivity contribution is 9.10. The molecule has 0 saturated heterocycles. The molecule has 0 radical (unpaired) electrons. The number of carbonyl (C=O) groups excluding carboxylic acids is 1. The largest absolute Gasteiger partial charge is 0.348 e. The molecule has 2 aromatic carbocycles. The fraction of sp³-hybridized carbons (Fsp3) is 0.133. The lowest BCUT2D eigenvalue weighted by Gasteiger charge is -2.06. The van der Waals surface area contributed by atoms with E-state index in [0.29, 0.717) is 12.1 Å². The lowest BCUT2D eigenvalue weighted by molar-refractivity contribution is 0.0951. The third-order valence-corrected chi connectivity index (χ3v) is 3.21. The number of benzene rings is 2. The molecule has 0 heterocycles. The van der Waals surface area contributed by atoms with Crippen molar-refractivity contribution in [2.45, 2.75) is 13.5 Å². The first-order chi connectivity index (χ1) is 8.65. The number of aryl methyl sites for hydroxylation is 1. The van der Waals surface area contributed by atoms with Gasteiger partial charge >= 0.3 is 0 Å². The molecule has 92 valence electrons. The highest BCUT2D eigenvalue weighted by atomic mass is 79.9. The molecule has 0 unspecified atom stereocenters. The first kappa shape index (κ1) is 12.8. The second-order valence-electron chi connectivity index (χ2n) is 4.18. The quantitative estimate of drug-likeness (QED) is 0.920. The fourth-order valence-electron chi connectivity index (χ4n) is 1.59. The summed E-state index contributed by atoms with van der Waals surface area (Å²) in [5.41, 5.74) is 2.99. The Morgan fingerprint density at radius 3 is 2.28 bits per heavy atom. The fourth-order valence-corrected chi connectivity index (χ4v) is 1.86. The van der Waals surface area contributed by atoms with Crippen molar-refractivity contribution >= 4 is 21.8 Å². The summed E-state index contributed by atoms with van der Waals surface area (Å²) in [5, 5.41) is 2.90. The van der Waals surface area contributed by atoms with Crippen LogP contribution in [0.2, 0.25) is 0 Å². The molecule has 0 fully saturated rings. The van der Waals surface area contributed by atoms with Gasteiger partial charge < -0.3 is 5.32 Å². The van der Waals surface area contributed by atoms with Crippen LogP contribution in [0, 0.1) is 6.92 Å². The molecule has 0 saturated carbocycles. The summed E-state index contributed by atoms with van der Waals surface area (Å²) in [4.78, 5) is 11.9. The Balaban J connectivity index is 1.96. The van der Waals surface area contributed by atoms with E-state index in [0.717, 1.165) is 10.0 Å². The molecule has 1 amide bonds. The predicted octanol–water partition coefficient (Wildman–Crippen LogP) is 3.69. The second-order valence-corrected chi connectivity index (χ2v) is 5.09. The zero-order valence-corrected chi connectivity index (χ0v) is 11.7. The molecular weight excluding hydrogens is 290 g/mol. The highest BCUT2D eigenvalue weighted by Gasteiger charge is 2.04. The molecule has 0 aliphatic carbocycles. The van der Waals surface area contributed by atoms with Crippen LogP contribution in [0.5, 0.6) is 0 Å². The highest BCUT2D eigenvalue weighted by Crippen LogP contribution is 2.10. The molecule has 18 heavy (non-hydrogen) atoms.